The van der Waals surface area contributed by atoms with Gasteiger partial charge in [0, 0.05) is 33.2 Å². The van der Waals surface area contributed by atoms with Crippen LogP contribution in [0.2, 0.25) is 0 Å². The molecule has 9 nitrogen and oxygen atoms in total. The number of thiophene rings is 3. The van der Waals surface area contributed by atoms with E-state index >= 15 is 0 Å². The Morgan fingerprint density at radius 1 is 0.622 bits per heavy atom. The minimum atomic E-state index is -0.347. The topological polar surface area (TPSA) is 81.1 Å². The predicted molar refractivity (Wildman–Crippen MR) is 183 cm³/mol. The minimum Gasteiger partial charge on any atom is -0.356 e. The van der Waals surface area contributed by atoms with E-state index in [4.69, 9.17) is 14.2 Å². The van der Waals surface area contributed by atoms with Crippen molar-refractivity contribution >= 4 is 70.5 Å². The molecule has 6 aromatic rings. The standard InChI is InChI=1S/C33H32N6O3S3/c1-4-31(43-19-1)10-7-27-15-18-37(36-27)24-42-30(22-40-25-38-28(13-16-34-38)8-11-32-5-2-20-44-32)23-41-26-39-29(14-17-35-39)9-12-33-6-3-21-45-33/h1-21,30H,22-26H2/b10-7+,11-8+,12-9+. The summed E-state index contributed by atoms with van der Waals surface area (Å²) in [5.41, 5.74) is 2.77. The predicted octanol–water partition coefficient (Wildman–Crippen LogP) is 7.66. The molecule has 0 fully saturated rings. The SMILES string of the molecule is C(=C\c1cccs1)/c1ccn(COC(COCn2nccc2/C=C/c2cccs2)COCn2nccc2/C=C/c2cccs2)n1. The zero-order chi connectivity index (χ0) is 30.5. The van der Waals surface area contributed by atoms with Gasteiger partial charge in [-0.2, -0.15) is 15.3 Å². The summed E-state index contributed by atoms with van der Waals surface area (Å²) in [4.78, 5) is 3.54. The monoisotopic (exact) mass is 656 g/mol. The number of ether oxygens (including phenoxy) is 3. The smallest absolute Gasteiger partial charge is 0.140 e. The first kappa shape index (κ1) is 30.8. The lowest BCUT2D eigenvalue weighted by Gasteiger charge is -2.19. The summed E-state index contributed by atoms with van der Waals surface area (Å²) in [5.74, 6) is 0. The van der Waals surface area contributed by atoms with Gasteiger partial charge in [-0.15, -0.1) is 34.0 Å². The number of aromatic nitrogens is 6. The second kappa shape index (κ2) is 16.2. The summed E-state index contributed by atoms with van der Waals surface area (Å²) in [7, 11) is 0. The third-order valence-corrected chi connectivity index (χ3v) is 9.03. The molecule has 6 aromatic heterocycles. The summed E-state index contributed by atoms with van der Waals surface area (Å²) in [6.45, 7) is 1.45. The van der Waals surface area contributed by atoms with Crippen LogP contribution in [0.15, 0.2) is 89.3 Å². The van der Waals surface area contributed by atoms with E-state index in [-0.39, 0.29) is 26.3 Å². The molecular weight excluding hydrogens is 625 g/mol. The van der Waals surface area contributed by atoms with Crippen molar-refractivity contribution in [3.8, 4) is 0 Å². The van der Waals surface area contributed by atoms with Crippen LogP contribution in [0, 0.1) is 0 Å². The molecule has 45 heavy (non-hydrogen) atoms. The van der Waals surface area contributed by atoms with Gasteiger partial charge in [-0.1, -0.05) is 18.2 Å². The van der Waals surface area contributed by atoms with Crippen LogP contribution in [-0.4, -0.2) is 48.7 Å². The third-order valence-electron chi connectivity index (χ3n) is 6.52. The van der Waals surface area contributed by atoms with Crippen LogP contribution in [0.3, 0.4) is 0 Å². The second-order valence-corrected chi connectivity index (χ2v) is 12.7. The molecule has 0 unspecified atom stereocenters. The first-order valence-corrected chi connectivity index (χ1v) is 16.9. The van der Waals surface area contributed by atoms with E-state index in [2.05, 4.69) is 67.9 Å². The van der Waals surface area contributed by atoms with Crippen molar-refractivity contribution in [2.24, 2.45) is 0 Å². The molecular formula is C33H32N6O3S3. The highest BCUT2D eigenvalue weighted by molar-refractivity contribution is 7.11. The van der Waals surface area contributed by atoms with Crippen molar-refractivity contribution in [2.45, 2.75) is 26.3 Å². The molecule has 0 spiro atoms. The first-order valence-electron chi connectivity index (χ1n) is 14.3. The van der Waals surface area contributed by atoms with E-state index in [1.54, 1.807) is 51.1 Å². The van der Waals surface area contributed by atoms with Gasteiger partial charge in [0.1, 0.15) is 26.3 Å². The average Bonchev–Trinajstić information content (AvgIpc) is 3.89. The maximum absolute atomic E-state index is 6.23. The molecule has 0 atom stereocenters. The summed E-state index contributed by atoms with van der Waals surface area (Å²) in [5, 5.41) is 19.6. The zero-order valence-electron chi connectivity index (χ0n) is 24.4. The summed E-state index contributed by atoms with van der Waals surface area (Å²) in [6, 6.07) is 18.2. The van der Waals surface area contributed by atoms with Gasteiger partial charge in [0.2, 0.25) is 0 Å². The summed E-state index contributed by atoms with van der Waals surface area (Å²) in [6.07, 6.45) is 17.4. The lowest BCUT2D eigenvalue weighted by molar-refractivity contribution is -0.104. The normalized spacial score (nSPS) is 12.2. The largest absolute Gasteiger partial charge is 0.356 e. The van der Waals surface area contributed by atoms with Crippen molar-refractivity contribution in [1.82, 2.24) is 29.3 Å². The second-order valence-electron chi connectivity index (χ2n) is 9.76. The van der Waals surface area contributed by atoms with Crippen LogP contribution in [0.25, 0.3) is 36.5 Å². The van der Waals surface area contributed by atoms with Gasteiger partial charge in [-0.05, 0) is 89.0 Å². The highest BCUT2D eigenvalue weighted by Gasteiger charge is 2.13. The fourth-order valence-corrected chi connectivity index (χ4v) is 6.11. The van der Waals surface area contributed by atoms with E-state index in [1.807, 2.05) is 70.2 Å². The molecule has 0 amide bonds. The Kier molecular flexibility index (Phi) is 11.1. The van der Waals surface area contributed by atoms with Crippen LogP contribution in [-0.2, 0) is 34.4 Å². The van der Waals surface area contributed by atoms with Gasteiger partial charge in [-0.3, -0.25) is 0 Å². The number of rotatable bonds is 17. The van der Waals surface area contributed by atoms with E-state index < -0.39 is 0 Å². The van der Waals surface area contributed by atoms with Crippen LogP contribution in [0.1, 0.15) is 31.7 Å². The van der Waals surface area contributed by atoms with Crippen molar-refractivity contribution < 1.29 is 14.2 Å². The third kappa shape index (κ3) is 9.41. The molecule has 6 heterocycles. The van der Waals surface area contributed by atoms with E-state index in [0.29, 0.717) is 13.2 Å². The molecule has 0 aromatic carbocycles. The lowest BCUT2D eigenvalue weighted by Crippen LogP contribution is -2.28. The lowest BCUT2D eigenvalue weighted by atomic mass is 10.3. The van der Waals surface area contributed by atoms with Gasteiger partial charge in [0.05, 0.1) is 30.3 Å². The van der Waals surface area contributed by atoms with Gasteiger partial charge in [-0.25, -0.2) is 14.0 Å². The van der Waals surface area contributed by atoms with Gasteiger partial charge < -0.3 is 14.2 Å². The molecule has 0 saturated heterocycles. The highest BCUT2D eigenvalue weighted by atomic mass is 32.1. The number of hydrogen-bond acceptors (Lipinski definition) is 9. The summed E-state index contributed by atoms with van der Waals surface area (Å²) >= 11 is 5.07. The highest BCUT2D eigenvalue weighted by Crippen LogP contribution is 2.16. The molecule has 0 aliphatic heterocycles. The molecule has 12 heteroatoms. The van der Waals surface area contributed by atoms with Crippen molar-refractivity contribution in [1.29, 1.82) is 0 Å². The van der Waals surface area contributed by atoms with Crippen molar-refractivity contribution in [3.63, 3.8) is 0 Å². The van der Waals surface area contributed by atoms with E-state index in [9.17, 15) is 0 Å². The molecule has 0 bridgehead atoms. The Bertz CT molecular complexity index is 1690. The number of hydrogen-bond donors (Lipinski definition) is 0. The fourth-order valence-electron chi connectivity index (χ4n) is 4.25. The minimum absolute atomic E-state index is 0.261. The van der Waals surface area contributed by atoms with Crippen LogP contribution < -0.4 is 0 Å². The Hall–Kier alpha value is -4.17. The maximum Gasteiger partial charge on any atom is 0.140 e. The molecule has 230 valence electrons. The average molecular weight is 657 g/mol. The van der Waals surface area contributed by atoms with Crippen molar-refractivity contribution in [2.75, 3.05) is 13.2 Å². The summed E-state index contributed by atoms with van der Waals surface area (Å²) < 4.78 is 23.8. The first-order chi connectivity index (χ1) is 22.3. The van der Waals surface area contributed by atoms with Crippen molar-refractivity contribution in [3.05, 3.63) is 121 Å². The van der Waals surface area contributed by atoms with Crippen LogP contribution >= 0.6 is 34.0 Å². The molecule has 0 aliphatic carbocycles. The van der Waals surface area contributed by atoms with E-state index in [0.717, 1.165) is 17.1 Å². The molecule has 6 rings (SSSR count). The molecule has 0 radical (unpaired) electrons. The Labute approximate surface area is 273 Å². The van der Waals surface area contributed by atoms with Gasteiger partial charge in [0.15, 0.2) is 0 Å². The van der Waals surface area contributed by atoms with Gasteiger partial charge >= 0.3 is 0 Å². The quantitative estimate of drug-likeness (QED) is 0.100. The molecule has 0 N–H and O–H groups in total. The molecule has 0 saturated carbocycles. The fraction of sp³-hybridized carbons (Fsp3) is 0.182. The Morgan fingerprint density at radius 2 is 1.16 bits per heavy atom. The van der Waals surface area contributed by atoms with Crippen LogP contribution in [0.5, 0.6) is 0 Å². The zero-order valence-corrected chi connectivity index (χ0v) is 26.8. The Balaban J connectivity index is 1.05. The van der Waals surface area contributed by atoms with Crippen LogP contribution in [0.4, 0.5) is 0 Å². The Morgan fingerprint density at radius 3 is 1.67 bits per heavy atom. The van der Waals surface area contributed by atoms with Gasteiger partial charge in [0.25, 0.3) is 0 Å². The van der Waals surface area contributed by atoms with E-state index in [1.165, 1.54) is 14.6 Å². The maximum atomic E-state index is 6.23. The molecule has 0 aliphatic rings. The number of nitrogens with zero attached hydrogens (tertiary/aromatic N) is 6.